The van der Waals surface area contributed by atoms with Gasteiger partial charge in [-0.1, -0.05) is 18.2 Å². The lowest BCUT2D eigenvalue weighted by molar-refractivity contribution is -0.147. The van der Waals surface area contributed by atoms with E-state index in [4.69, 9.17) is 10.00 Å². The normalized spacial score (nSPS) is 10.4. The molecule has 142 valence electrons. The van der Waals surface area contributed by atoms with E-state index in [9.17, 15) is 9.59 Å². The lowest BCUT2D eigenvalue weighted by Crippen LogP contribution is -2.23. The third kappa shape index (κ3) is 4.69. The number of benzene rings is 2. The van der Waals surface area contributed by atoms with Crippen LogP contribution in [0.5, 0.6) is 0 Å². The van der Waals surface area contributed by atoms with Gasteiger partial charge in [0.25, 0.3) is 5.91 Å². The Morgan fingerprint density at radius 3 is 2.86 bits per heavy atom. The molecule has 8 heteroatoms. The average Bonchev–Trinajstić information content (AvgIpc) is 3.04. The molecule has 3 rings (SSSR count). The Labute approximate surface area is 166 Å². The molecule has 28 heavy (non-hydrogen) atoms. The number of carbonyl (C=O) groups is 2. The van der Waals surface area contributed by atoms with Gasteiger partial charge in [0, 0.05) is 5.69 Å². The number of hydrogen-bond donors (Lipinski definition) is 1. The van der Waals surface area contributed by atoms with Crippen LogP contribution in [0.25, 0.3) is 11.0 Å². The van der Waals surface area contributed by atoms with Gasteiger partial charge in [-0.05, 0) is 36.6 Å². The molecule has 0 saturated carbocycles. The third-order valence-corrected chi connectivity index (χ3v) is 4.48. The smallest absolute Gasteiger partial charge is 0.326 e. The summed E-state index contributed by atoms with van der Waals surface area (Å²) in [5.74, 6) is 0.454. The zero-order valence-corrected chi connectivity index (χ0v) is 16.0. The topological polar surface area (TPSA) is 97.0 Å². The van der Waals surface area contributed by atoms with Gasteiger partial charge in [0.15, 0.2) is 6.61 Å². The number of fused-ring (bicyclic) bond motifs is 1. The summed E-state index contributed by atoms with van der Waals surface area (Å²) in [6, 6.07) is 16.1. The van der Waals surface area contributed by atoms with Gasteiger partial charge in [0.05, 0.1) is 28.4 Å². The molecular formula is C20H18N4O3S. The average molecular weight is 394 g/mol. The first kappa shape index (κ1) is 19.5. The predicted octanol–water partition coefficient (Wildman–Crippen LogP) is 2.95. The van der Waals surface area contributed by atoms with Crippen LogP contribution in [-0.4, -0.2) is 34.3 Å². The molecule has 0 spiro atoms. The predicted molar refractivity (Wildman–Crippen MR) is 108 cm³/mol. The Balaban J connectivity index is 1.61. The van der Waals surface area contributed by atoms with Crippen molar-refractivity contribution >= 4 is 40.4 Å². The number of anilines is 1. The zero-order valence-electron chi connectivity index (χ0n) is 15.2. The van der Waals surface area contributed by atoms with Crippen LogP contribution in [0.2, 0.25) is 0 Å². The molecule has 0 fully saturated rings. The zero-order chi connectivity index (χ0) is 19.9. The minimum Gasteiger partial charge on any atom is -0.454 e. The molecular weight excluding hydrogens is 376 g/mol. The fourth-order valence-electron chi connectivity index (χ4n) is 2.73. The quantitative estimate of drug-likeness (QED) is 0.619. The van der Waals surface area contributed by atoms with E-state index in [-0.39, 0.29) is 6.54 Å². The minimum atomic E-state index is -0.522. The van der Waals surface area contributed by atoms with Crippen molar-refractivity contribution in [3.63, 3.8) is 0 Å². The van der Waals surface area contributed by atoms with Gasteiger partial charge >= 0.3 is 5.97 Å². The summed E-state index contributed by atoms with van der Waals surface area (Å²) in [7, 11) is 0. The van der Waals surface area contributed by atoms with Gasteiger partial charge in [-0.3, -0.25) is 9.59 Å². The van der Waals surface area contributed by atoms with Gasteiger partial charge in [-0.2, -0.15) is 17.0 Å². The molecule has 0 saturated heterocycles. The number of esters is 1. The Morgan fingerprint density at radius 1 is 1.25 bits per heavy atom. The molecule has 1 amide bonds. The number of imidazole rings is 1. The summed E-state index contributed by atoms with van der Waals surface area (Å²) in [6.45, 7) is -0.423. The summed E-state index contributed by atoms with van der Waals surface area (Å²) >= 11 is 1.61. The maximum atomic E-state index is 12.3. The first-order valence-corrected chi connectivity index (χ1v) is 9.89. The number of carbonyl (C=O) groups excluding carboxylic acids is 2. The summed E-state index contributed by atoms with van der Waals surface area (Å²) in [5.41, 5.74) is 2.57. The second-order valence-corrected chi connectivity index (χ2v) is 6.80. The molecule has 0 unspecified atom stereocenters. The van der Waals surface area contributed by atoms with Crippen LogP contribution in [0.15, 0.2) is 48.5 Å². The van der Waals surface area contributed by atoms with Gasteiger partial charge in [-0.15, -0.1) is 0 Å². The number of rotatable bonds is 7. The van der Waals surface area contributed by atoms with E-state index in [0.717, 1.165) is 16.9 Å². The van der Waals surface area contributed by atoms with E-state index < -0.39 is 18.5 Å². The molecule has 0 aliphatic heterocycles. The van der Waals surface area contributed by atoms with Crippen molar-refractivity contribution in [2.24, 2.45) is 0 Å². The SMILES string of the molecule is CSCc1nc2ccccc2n1CC(=O)OCC(=O)Nc1cccc(C#N)c1. The molecule has 0 aliphatic carbocycles. The van der Waals surface area contributed by atoms with Crippen LogP contribution < -0.4 is 5.32 Å². The largest absolute Gasteiger partial charge is 0.454 e. The van der Waals surface area contributed by atoms with Gasteiger partial charge < -0.3 is 14.6 Å². The van der Waals surface area contributed by atoms with Gasteiger partial charge in [0.1, 0.15) is 12.4 Å². The molecule has 1 aromatic heterocycles. The molecule has 1 heterocycles. The van der Waals surface area contributed by atoms with E-state index >= 15 is 0 Å². The molecule has 1 N–H and O–H groups in total. The van der Waals surface area contributed by atoms with E-state index in [2.05, 4.69) is 10.3 Å². The van der Waals surface area contributed by atoms with Crippen molar-refractivity contribution < 1.29 is 14.3 Å². The summed E-state index contributed by atoms with van der Waals surface area (Å²) in [4.78, 5) is 28.8. The lowest BCUT2D eigenvalue weighted by Gasteiger charge is -2.09. The van der Waals surface area contributed by atoms with E-state index in [1.807, 2.05) is 41.2 Å². The maximum absolute atomic E-state index is 12.3. The van der Waals surface area contributed by atoms with Crippen LogP contribution >= 0.6 is 11.8 Å². The number of aromatic nitrogens is 2. The minimum absolute atomic E-state index is 0.0202. The highest BCUT2D eigenvalue weighted by Gasteiger charge is 2.15. The molecule has 3 aromatic rings. The van der Waals surface area contributed by atoms with Crippen molar-refractivity contribution in [2.75, 3.05) is 18.2 Å². The van der Waals surface area contributed by atoms with E-state index in [0.29, 0.717) is 17.0 Å². The highest BCUT2D eigenvalue weighted by molar-refractivity contribution is 7.97. The fraction of sp³-hybridized carbons (Fsp3) is 0.200. The standard InChI is InChI=1S/C20H18N4O3S/c1-28-13-18-23-16-7-2-3-8-17(16)24(18)11-20(26)27-12-19(25)22-15-6-4-5-14(9-15)10-21/h2-9H,11-13H2,1H3,(H,22,25). The highest BCUT2D eigenvalue weighted by Crippen LogP contribution is 2.19. The Morgan fingerprint density at radius 2 is 2.07 bits per heavy atom. The Bertz CT molecular complexity index is 1060. The van der Waals surface area contributed by atoms with Crippen LogP contribution in [0.3, 0.4) is 0 Å². The number of nitriles is 1. The Kier molecular flexibility index (Phi) is 6.29. The second-order valence-electron chi connectivity index (χ2n) is 5.94. The van der Waals surface area contributed by atoms with E-state index in [1.165, 1.54) is 0 Å². The van der Waals surface area contributed by atoms with Crippen LogP contribution in [0, 0.1) is 11.3 Å². The number of thioether (sulfide) groups is 1. The summed E-state index contributed by atoms with van der Waals surface area (Å²) in [5, 5.41) is 11.5. The molecule has 0 bridgehead atoms. The van der Waals surface area contributed by atoms with Crippen molar-refractivity contribution in [3.8, 4) is 6.07 Å². The lowest BCUT2D eigenvalue weighted by atomic mass is 10.2. The van der Waals surface area contributed by atoms with Crippen molar-refractivity contribution in [1.29, 1.82) is 5.26 Å². The van der Waals surface area contributed by atoms with E-state index in [1.54, 1.807) is 36.0 Å². The Hall–Kier alpha value is -3.31. The number of hydrogen-bond acceptors (Lipinski definition) is 6. The van der Waals surface area contributed by atoms with Crippen LogP contribution in [-0.2, 0) is 26.6 Å². The first-order chi connectivity index (χ1) is 13.6. The van der Waals surface area contributed by atoms with Crippen LogP contribution in [0.4, 0.5) is 5.69 Å². The molecule has 0 aliphatic rings. The number of nitrogens with one attached hydrogen (secondary N) is 1. The molecule has 0 radical (unpaired) electrons. The second kappa shape index (κ2) is 9.06. The molecule has 2 aromatic carbocycles. The monoisotopic (exact) mass is 394 g/mol. The third-order valence-electron chi connectivity index (χ3n) is 3.93. The molecule has 0 atom stereocenters. The van der Waals surface area contributed by atoms with Gasteiger partial charge in [0.2, 0.25) is 0 Å². The summed E-state index contributed by atoms with van der Waals surface area (Å²) < 4.78 is 6.92. The van der Waals surface area contributed by atoms with Gasteiger partial charge in [-0.25, -0.2) is 4.98 Å². The van der Waals surface area contributed by atoms with Crippen molar-refractivity contribution in [3.05, 3.63) is 59.9 Å². The molecule has 7 nitrogen and oxygen atoms in total. The highest BCUT2D eigenvalue weighted by atomic mass is 32.2. The first-order valence-electron chi connectivity index (χ1n) is 8.49. The summed E-state index contributed by atoms with van der Waals surface area (Å²) in [6.07, 6.45) is 1.97. The van der Waals surface area contributed by atoms with Crippen molar-refractivity contribution in [1.82, 2.24) is 9.55 Å². The number of nitrogens with zero attached hydrogens (tertiary/aromatic N) is 3. The number of ether oxygens (including phenoxy) is 1. The van der Waals surface area contributed by atoms with Crippen molar-refractivity contribution in [2.45, 2.75) is 12.3 Å². The fourth-order valence-corrected chi connectivity index (χ4v) is 3.20. The van der Waals surface area contributed by atoms with Crippen LogP contribution in [0.1, 0.15) is 11.4 Å². The number of amides is 1. The number of para-hydroxylation sites is 2. The maximum Gasteiger partial charge on any atom is 0.326 e.